The second-order valence-electron chi connectivity index (χ2n) is 6.04. The predicted octanol–water partition coefficient (Wildman–Crippen LogP) is 3.71. The summed E-state index contributed by atoms with van der Waals surface area (Å²) in [5.41, 5.74) is 3.25. The first-order chi connectivity index (χ1) is 12.0. The number of para-hydroxylation sites is 2. The molecule has 2 aromatic carbocycles. The lowest BCUT2D eigenvalue weighted by Crippen LogP contribution is -2.40. The van der Waals surface area contributed by atoms with Crippen molar-refractivity contribution in [3.8, 4) is 5.75 Å². The number of fused-ring (bicyclic) bond motifs is 1. The van der Waals surface area contributed by atoms with Gasteiger partial charge in [-0.2, -0.15) is 0 Å². The predicted molar refractivity (Wildman–Crippen MR) is 98.5 cm³/mol. The Balaban J connectivity index is 1.68. The van der Waals surface area contributed by atoms with E-state index in [2.05, 4.69) is 5.32 Å². The van der Waals surface area contributed by atoms with Gasteiger partial charge >= 0.3 is 0 Å². The van der Waals surface area contributed by atoms with Crippen LogP contribution < -0.4 is 15.0 Å². The van der Waals surface area contributed by atoms with Gasteiger partial charge in [0.15, 0.2) is 6.61 Å². The van der Waals surface area contributed by atoms with Crippen molar-refractivity contribution >= 4 is 34.8 Å². The Bertz CT molecular complexity index is 812. The zero-order chi connectivity index (χ0) is 18.0. The first kappa shape index (κ1) is 17.3. The fourth-order valence-corrected chi connectivity index (χ4v) is 3.26. The number of benzene rings is 2. The number of carbonyl (C=O) groups excluding carboxylic acids is 2. The van der Waals surface area contributed by atoms with Gasteiger partial charge in [0.05, 0.1) is 16.4 Å². The second kappa shape index (κ2) is 7.15. The quantitative estimate of drug-likeness (QED) is 0.906. The normalized spacial score (nSPS) is 13.2. The molecule has 1 heterocycles. The van der Waals surface area contributed by atoms with E-state index < -0.39 is 0 Å². The summed E-state index contributed by atoms with van der Waals surface area (Å²) in [6, 6.07) is 11.1. The minimum absolute atomic E-state index is 0.0124. The molecule has 6 heteroatoms. The highest BCUT2D eigenvalue weighted by Crippen LogP contribution is 2.32. The summed E-state index contributed by atoms with van der Waals surface area (Å²) in [5, 5.41) is 3.36. The van der Waals surface area contributed by atoms with Crippen LogP contribution in [0.4, 0.5) is 11.4 Å². The number of amides is 2. The van der Waals surface area contributed by atoms with Gasteiger partial charge in [0.1, 0.15) is 5.75 Å². The molecule has 2 aromatic rings. The average Bonchev–Trinajstić information content (AvgIpc) is 2.57. The van der Waals surface area contributed by atoms with Crippen LogP contribution in [0.15, 0.2) is 36.4 Å². The molecule has 0 aliphatic carbocycles. The van der Waals surface area contributed by atoms with Crippen LogP contribution in [0.1, 0.15) is 17.5 Å². The molecule has 0 bridgehead atoms. The Hall–Kier alpha value is -2.53. The highest BCUT2D eigenvalue weighted by atomic mass is 35.5. The van der Waals surface area contributed by atoms with Crippen LogP contribution in [-0.2, 0) is 9.59 Å². The van der Waals surface area contributed by atoms with Gasteiger partial charge in [0, 0.05) is 13.0 Å². The standard InChI is InChI=1S/C19H19ClN2O3/c1-12-9-13(2)19(14(20)10-12)21-17(23)7-8-22-15-5-3-4-6-16(15)25-11-18(22)24/h3-6,9-10H,7-8,11H2,1-2H3,(H,21,23). The first-order valence-corrected chi connectivity index (χ1v) is 8.42. The van der Waals surface area contributed by atoms with E-state index >= 15 is 0 Å². The Morgan fingerprint density at radius 3 is 2.80 bits per heavy atom. The van der Waals surface area contributed by atoms with Crippen molar-refractivity contribution < 1.29 is 14.3 Å². The molecule has 0 radical (unpaired) electrons. The molecule has 1 aliphatic rings. The van der Waals surface area contributed by atoms with E-state index in [0.29, 0.717) is 22.1 Å². The summed E-state index contributed by atoms with van der Waals surface area (Å²) in [5.74, 6) is 0.307. The molecular weight excluding hydrogens is 340 g/mol. The van der Waals surface area contributed by atoms with Gasteiger partial charge in [-0.3, -0.25) is 9.59 Å². The van der Waals surface area contributed by atoms with Gasteiger partial charge in [0.2, 0.25) is 5.91 Å². The summed E-state index contributed by atoms with van der Waals surface area (Å²) in [4.78, 5) is 26.0. The van der Waals surface area contributed by atoms with Gasteiger partial charge in [-0.15, -0.1) is 0 Å². The fraction of sp³-hybridized carbons (Fsp3) is 0.263. The molecule has 0 saturated heterocycles. The largest absolute Gasteiger partial charge is 0.482 e. The first-order valence-electron chi connectivity index (χ1n) is 8.04. The molecule has 0 fully saturated rings. The van der Waals surface area contributed by atoms with E-state index in [0.717, 1.165) is 11.1 Å². The minimum atomic E-state index is -0.189. The lowest BCUT2D eigenvalue weighted by molar-refractivity contribution is -0.121. The number of halogens is 1. The second-order valence-corrected chi connectivity index (χ2v) is 6.45. The fourth-order valence-electron chi connectivity index (χ4n) is 2.89. The van der Waals surface area contributed by atoms with E-state index in [1.54, 1.807) is 4.90 Å². The van der Waals surface area contributed by atoms with Crippen molar-refractivity contribution in [3.05, 3.63) is 52.5 Å². The zero-order valence-electron chi connectivity index (χ0n) is 14.1. The number of aryl methyl sites for hydroxylation is 2. The van der Waals surface area contributed by atoms with Crippen LogP contribution >= 0.6 is 11.6 Å². The lowest BCUT2D eigenvalue weighted by Gasteiger charge is -2.29. The summed E-state index contributed by atoms with van der Waals surface area (Å²) >= 11 is 6.22. The van der Waals surface area contributed by atoms with Gasteiger partial charge < -0.3 is 15.0 Å². The molecule has 0 atom stereocenters. The third kappa shape index (κ3) is 3.77. The molecule has 0 aromatic heterocycles. The molecule has 3 rings (SSSR count). The van der Waals surface area contributed by atoms with E-state index in [1.807, 2.05) is 50.2 Å². The molecule has 0 spiro atoms. The van der Waals surface area contributed by atoms with Crippen LogP contribution in [0.5, 0.6) is 5.75 Å². The van der Waals surface area contributed by atoms with Crippen LogP contribution in [0.25, 0.3) is 0 Å². The molecule has 2 amide bonds. The number of ether oxygens (including phenoxy) is 1. The van der Waals surface area contributed by atoms with E-state index in [-0.39, 0.29) is 31.4 Å². The molecular formula is C19H19ClN2O3. The summed E-state index contributed by atoms with van der Waals surface area (Å²) < 4.78 is 5.40. The number of anilines is 2. The molecule has 25 heavy (non-hydrogen) atoms. The van der Waals surface area contributed by atoms with Crippen molar-refractivity contribution in [1.82, 2.24) is 0 Å². The van der Waals surface area contributed by atoms with E-state index in [1.165, 1.54) is 0 Å². The van der Waals surface area contributed by atoms with Gasteiger partial charge in [-0.25, -0.2) is 0 Å². The smallest absolute Gasteiger partial charge is 0.265 e. The van der Waals surface area contributed by atoms with Crippen molar-refractivity contribution in [2.75, 3.05) is 23.4 Å². The maximum absolute atomic E-state index is 12.3. The van der Waals surface area contributed by atoms with E-state index in [9.17, 15) is 9.59 Å². The molecule has 5 nitrogen and oxygen atoms in total. The van der Waals surface area contributed by atoms with Gasteiger partial charge in [-0.05, 0) is 43.2 Å². The highest BCUT2D eigenvalue weighted by Gasteiger charge is 2.25. The van der Waals surface area contributed by atoms with Gasteiger partial charge in [-0.1, -0.05) is 29.8 Å². The third-order valence-corrected chi connectivity index (χ3v) is 4.36. The zero-order valence-corrected chi connectivity index (χ0v) is 14.9. The lowest BCUT2D eigenvalue weighted by atomic mass is 10.1. The molecule has 0 unspecified atom stereocenters. The highest BCUT2D eigenvalue weighted by molar-refractivity contribution is 6.34. The summed E-state index contributed by atoms with van der Waals surface area (Å²) in [6.07, 6.45) is 0.170. The monoisotopic (exact) mass is 358 g/mol. The Kier molecular flexibility index (Phi) is 4.95. The van der Waals surface area contributed by atoms with E-state index in [4.69, 9.17) is 16.3 Å². The number of carbonyl (C=O) groups is 2. The number of nitrogens with one attached hydrogen (secondary N) is 1. The molecule has 0 saturated carbocycles. The van der Waals surface area contributed by atoms with Crippen molar-refractivity contribution in [3.63, 3.8) is 0 Å². The number of hydrogen-bond acceptors (Lipinski definition) is 3. The topological polar surface area (TPSA) is 58.6 Å². The summed E-state index contributed by atoms with van der Waals surface area (Å²) in [7, 11) is 0. The molecule has 1 N–H and O–H groups in total. The van der Waals surface area contributed by atoms with Crippen molar-refractivity contribution in [2.24, 2.45) is 0 Å². The Morgan fingerprint density at radius 2 is 2.04 bits per heavy atom. The maximum Gasteiger partial charge on any atom is 0.265 e. The van der Waals surface area contributed by atoms with Crippen molar-refractivity contribution in [2.45, 2.75) is 20.3 Å². The maximum atomic E-state index is 12.3. The van der Waals surface area contributed by atoms with Crippen LogP contribution in [0.2, 0.25) is 5.02 Å². The average molecular weight is 359 g/mol. The minimum Gasteiger partial charge on any atom is -0.482 e. The third-order valence-electron chi connectivity index (χ3n) is 4.07. The molecule has 1 aliphatic heterocycles. The Morgan fingerprint density at radius 1 is 1.28 bits per heavy atom. The summed E-state index contributed by atoms with van der Waals surface area (Å²) in [6.45, 7) is 4.12. The van der Waals surface area contributed by atoms with Crippen molar-refractivity contribution in [1.29, 1.82) is 0 Å². The Labute approximate surface area is 151 Å². The van der Waals surface area contributed by atoms with Crippen LogP contribution in [0.3, 0.4) is 0 Å². The van der Waals surface area contributed by atoms with Gasteiger partial charge in [0.25, 0.3) is 5.91 Å². The number of rotatable bonds is 4. The number of hydrogen-bond donors (Lipinski definition) is 1. The number of nitrogens with zero attached hydrogens (tertiary/aromatic N) is 1. The van der Waals surface area contributed by atoms with Crippen LogP contribution in [-0.4, -0.2) is 25.0 Å². The van der Waals surface area contributed by atoms with Crippen LogP contribution in [0, 0.1) is 13.8 Å². The SMILES string of the molecule is Cc1cc(C)c(NC(=O)CCN2C(=O)COc3ccccc32)c(Cl)c1. The molecule has 130 valence electrons.